The second kappa shape index (κ2) is 10.2. The van der Waals surface area contributed by atoms with E-state index in [1.807, 2.05) is 19.1 Å². The molecule has 1 aromatic heterocycles. The summed E-state index contributed by atoms with van der Waals surface area (Å²) in [6, 6.07) is 20.6. The molecule has 0 aliphatic carbocycles. The number of hydrogen-bond donors (Lipinski definition) is 2. The number of amides is 1. The van der Waals surface area contributed by atoms with E-state index in [0.717, 1.165) is 22.5 Å². The predicted molar refractivity (Wildman–Crippen MR) is 145 cm³/mol. The fraction of sp³-hybridized carbons (Fsp3) is 0.185. The minimum Gasteiger partial charge on any atom is -0.296 e. The first-order valence-electron chi connectivity index (χ1n) is 11.4. The van der Waals surface area contributed by atoms with Gasteiger partial charge in [-0.25, -0.2) is 0 Å². The van der Waals surface area contributed by atoms with Crippen LogP contribution in [0, 0.1) is 6.92 Å². The smallest absolute Gasteiger partial charge is 0.291 e. The van der Waals surface area contributed by atoms with Gasteiger partial charge < -0.3 is 0 Å². The molecule has 0 aliphatic heterocycles. The van der Waals surface area contributed by atoms with Crippen LogP contribution < -0.4 is 10.0 Å². The third-order valence-corrected chi connectivity index (χ3v) is 8.15. The van der Waals surface area contributed by atoms with Gasteiger partial charge in [-0.05, 0) is 42.2 Å². The zero-order valence-corrected chi connectivity index (χ0v) is 22.4. The normalized spacial score (nSPS) is 11.7. The molecule has 10 heteroatoms. The molecule has 1 amide bonds. The van der Waals surface area contributed by atoms with Gasteiger partial charge >= 0.3 is 0 Å². The summed E-state index contributed by atoms with van der Waals surface area (Å²) in [5, 5.41) is 10.1. The number of carbonyl (C=O) groups excluding carboxylic acids is 2. The number of anilines is 2. The molecule has 0 saturated heterocycles. The van der Waals surface area contributed by atoms with E-state index in [2.05, 4.69) is 41.0 Å². The highest BCUT2D eigenvalue weighted by molar-refractivity contribution is 7.94. The SMILES string of the molecule is Cc1ccc(C(=O)Nc2nnc(S(=O)(=O)Nc3cccc(C(=O)c4ccc(C(C)(C)C)cc4)c3)s2)cc1. The first-order valence-corrected chi connectivity index (χ1v) is 13.7. The molecule has 3 aromatic carbocycles. The number of ketones is 1. The van der Waals surface area contributed by atoms with Gasteiger partial charge in [-0.1, -0.05) is 86.2 Å². The summed E-state index contributed by atoms with van der Waals surface area (Å²) < 4.78 is 27.9. The van der Waals surface area contributed by atoms with E-state index < -0.39 is 15.9 Å². The zero-order valence-electron chi connectivity index (χ0n) is 20.8. The third-order valence-electron chi connectivity index (χ3n) is 5.56. The average Bonchev–Trinajstić information content (AvgIpc) is 3.33. The van der Waals surface area contributed by atoms with Crippen LogP contribution in [0.4, 0.5) is 10.8 Å². The number of nitrogens with one attached hydrogen (secondary N) is 2. The van der Waals surface area contributed by atoms with E-state index in [-0.39, 0.29) is 26.4 Å². The minimum absolute atomic E-state index is 0.0339. The lowest BCUT2D eigenvalue weighted by atomic mass is 9.86. The summed E-state index contributed by atoms with van der Waals surface area (Å²) in [5.41, 5.74) is 3.55. The molecular formula is C27H26N4O4S2. The van der Waals surface area contributed by atoms with Crippen LogP contribution in [0.5, 0.6) is 0 Å². The summed E-state index contributed by atoms with van der Waals surface area (Å²) in [4.78, 5) is 25.4. The van der Waals surface area contributed by atoms with Crippen molar-refractivity contribution in [1.82, 2.24) is 10.2 Å². The van der Waals surface area contributed by atoms with E-state index in [1.54, 1.807) is 48.5 Å². The Kier molecular flexibility index (Phi) is 7.24. The van der Waals surface area contributed by atoms with Gasteiger partial charge in [-0.15, -0.1) is 10.2 Å². The fourth-order valence-corrected chi connectivity index (χ4v) is 5.40. The average molecular weight is 535 g/mol. The minimum atomic E-state index is -4.10. The lowest BCUT2D eigenvalue weighted by Crippen LogP contribution is -2.13. The van der Waals surface area contributed by atoms with E-state index in [4.69, 9.17) is 0 Å². The van der Waals surface area contributed by atoms with Gasteiger partial charge in [-0.3, -0.25) is 19.6 Å². The van der Waals surface area contributed by atoms with Crippen molar-refractivity contribution in [2.75, 3.05) is 10.0 Å². The van der Waals surface area contributed by atoms with Crippen LogP contribution in [0.15, 0.2) is 77.1 Å². The van der Waals surface area contributed by atoms with Crippen molar-refractivity contribution in [2.24, 2.45) is 0 Å². The van der Waals surface area contributed by atoms with Gasteiger partial charge in [0.2, 0.25) is 5.13 Å². The van der Waals surface area contributed by atoms with E-state index in [1.165, 1.54) is 12.1 Å². The van der Waals surface area contributed by atoms with Crippen LogP contribution in [0.3, 0.4) is 0 Å². The number of sulfonamides is 1. The van der Waals surface area contributed by atoms with Gasteiger partial charge in [0.05, 0.1) is 0 Å². The Morgan fingerprint density at radius 1 is 0.838 bits per heavy atom. The molecule has 2 N–H and O–H groups in total. The molecule has 4 aromatic rings. The van der Waals surface area contributed by atoms with Crippen LogP contribution in [0.1, 0.15) is 58.2 Å². The molecule has 8 nitrogen and oxygen atoms in total. The number of aromatic nitrogens is 2. The van der Waals surface area contributed by atoms with Gasteiger partial charge in [0.15, 0.2) is 5.78 Å². The van der Waals surface area contributed by atoms with Gasteiger partial charge in [0.25, 0.3) is 20.3 Å². The standard InChI is InChI=1S/C27H26N4O4S2/c1-17-8-10-19(11-9-17)24(33)28-25-29-30-26(36-25)37(34,35)31-22-7-5-6-20(16-22)23(32)18-12-14-21(15-13-18)27(2,3)4/h5-16,31H,1-4H3,(H,28,29,33). The molecule has 0 aliphatic rings. The predicted octanol–water partition coefficient (Wildman–Crippen LogP) is 5.43. The van der Waals surface area contributed by atoms with E-state index >= 15 is 0 Å². The highest BCUT2D eigenvalue weighted by Gasteiger charge is 2.22. The van der Waals surface area contributed by atoms with Crippen LogP contribution in [-0.4, -0.2) is 30.3 Å². The molecule has 1 heterocycles. The summed E-state index contributed by atoms with van der Waals surface area (Å²) in [6.45, 7) is 8.20. The molecule has 0 saturated carbocycles. The molecule has 0 atom stereocenters. The molecule has 0 bridgehead atoms. The van der Waals surface area contributed by atoms with Crippen molar-refractivity contribution < 1.29 is 18.0 Å². The molecule has 0 radical (unpaired) electrons. The van der Waals surface area contributed by atoms with Crippen molar-refractivity contribution in [3.05, 3.63) is 101 Å². The van der Waals surface area contributed by atoms with Gasteiger partial charge in [0, 0.05) is 22.4 Å². The number of rotatable bonds is 7. The molecule has 4 rings (SSSR count). The molecule has 37 heavy (non-hydrogen) atoms. The van der Waals surface area contributed by atoms with E-state index in [9.17, 15) is 18.0 Å². The molecule has 0 spiro atoms. The second-order valence-electron chi connectivity index (χ2n) is 9.54. The Hall–Kier alpha value is -3.89. The Morgan fingerprint density at radius 2 is 1.49 bits per heavy atom. The molecular weight excluding hydrogens is 508 g/mol. The van der Waals surface area contributed by atoms with Crippen LogP contribution >= 0.6 is 11.3 Å². The summed E-state index contributed by atoms with van der Waals surface area (Å²) in [5.74, 6) is -0.645. The van der Waals surface area contributed by atoms with Gasteiger partial charge in [-0.2, -0.15) is 8.42 Å². The summed E-state index contributed by atoms with van der Waals surface area (Å²) in [7, 11) is -4.10. The van der Waals surface area contributed by atoms with Crippen LogP contribution in [-0.2, 0) is 15.4 Å². The summed E-state index contributed by atoms with van der Waals surface area (Å²) in [6.07, 6.45) is 0. The Bertz CT molecular complexity index is 1550. The Morgan fingerprint density at radius 3 is 2.14 bits per heavy atom. The van der Waals surface area contributed by atoms with Crippen LogP contribution in [0.25, 0.3) is 0 Å². The molecule has 0 unspecified atom stereocenters. The largest absolute Gasteiger partial charge is 0.296 e. The fourth-order valence-electron chi connectivity index (χ4n) is 3.45. The maximum Gasteiger partial charge on any atom is 0.291 e. The van der Waals surface area contributed by atoms with Crippen molar-refractivity contribution in [1.29, 1.82) is 0 Å². The zero-order chi connectivity index (χ0) is 26.8. The number of aryl methyl sites for hydroxylation is 1. The number of carbonyl (C=O) groups is 2. The number of benzene rings is 3. The number of nitrogens with zero attached hydrogens (tertiary/aromatic N) is 2. The summed E-state index contributed by atoms with van der Waals surface area (Å²) >= 11 is 0.724. The van der Waals surface area contributed by atoms with Crippen molar-refractivity contribution in [3.8, 4) is 0 Å². The lowest BCUT2D eigenvalue weighted by molar-refractivity contribution is 0.102. The van der Waals surface area contributed by atoms with Crippen LogP contribution in [0.2, 0.25) is 0 Å². The van der Waals surface area contributed by atoms with Gasteiger partial charge in [0.1, 0.15) is 0 Å². The first-order chi connectivity index (χ1) is 17.4. The van der Waals surface area contributed by atoms with Crippen molar-refractivity contribution in [2.45, 2.75) is 37.4 Å². The second-order valence-corrected chi connectivity index (χ2v) is 12.4. The maximum atomic E-state index is 13.0. The topological polar surface area (TPSA) is 118 Å². The maximum absolute atomic E-state index is 13.0. The Labute approximate surface area is 219 Å². The number of hydrogen-bond acceptors (Lipinski definition) is 7. The first kappa shape index (κ1) is 26.2. The highest BCUT2D eigenvalue weighted by atomic mass is 32.2. The van der Waals surface area contributed by atoms with Crippen molar-refractivity contribution in [3.63, 3.8) is 0 Å². The Balaban J connectivity index is 1.47. The van der Waals surface area contributed by atoms with Crippen molar-refractivity contribution >= 4 is 43.9 Å². The molecule has 0 fully saturated rings. The quantitative estimate of drug-likeness (QED) is 0.241. The monoisotopic (exact) mass is 534 g/mol. The third kappa shape index (κ3) is 6.28. The molecule has 190 valence electrons. The van der Waals surface area contributed by atoms with E-state index in [0.29, 0.717) is 16.7 Å². The lowest BCUT2D eigenvalue weighted by Gasteiger charge is -2.19. The highest BCUT2D eigenvalue weighted by Crippen LogP contribution is 2.25.